The molecule has 0 aliphatic heterocycles. The number of benzene rings is 1. The van der Waals surface area contributed by atoms with Crippen molar-refractivity contribution in [3.8, 4) is 0 Å². The maximum atomic E-state index is 11.7. The summed E-state index contributed by atoms with van der Waals surface area (Å²) in [6.07, 6.45) is 0. The first-order valence-electron chi connectivity index (χ1n) is 5.77. The van der Waals surface area contributed by atoms with Gasteiger partial charge in [0.15, 0.2) is 0 Å². The van der Waals surface area contributed by atoms with E-state index >= 15 is 0 Å². The number of urea groups is 1. The molecule has 3 N–H and O–H groups in total. The average molecular weight is 390 g/mol. The molecule has 1 heterocycles. The Kier molecular flexibility index (Phi) is 5.22. The first-order chi connectivity index (χ1) is 9.95. The Morgan fingerprint density at radius 1 is 1.29 bits per heavy atom. The third-order valence-electron chi connectivity index (χ3n) is 2.51. The Hall–Kier alpha value is -1.57. The topological polar surface area (TPSA) is 78.4 Å². The number of carboxylic acids is 1. The minimum absolute atomic E-state index is 0.0587. The molecule has 0 aliphatic carbocycles. The van der Waals surface area contributed by atoms with Crippen molar-refractivity contribution in [3.63, 3.8) is 0 Å². The van der Waals surface area contributed by atoms with Crippen LogP contribution >= 0.6 is 38.9 Å². The van der Waals surface area contributed by atoms with Crippen LogP contribution in [0.3, 0.4) is 0 Å². The highest BCUT2D eigenvalue weighted by atomic mass is 79.9. The molecular weight excluding hydrogens is 380 g/mol. The fourth-order valence-electron chi connectivity index (χ4n) is 1.56. The molecule has 1 aromatic heterocycles. The highest BCUT2D eigenvalue weighted by Crippen LogP contribution is 2.22. The van der Waals surface area contributed by atoms with E-state index in [0.29, 0.717) is 12.2 Å². The maximum Gasteiger partial charge on any atom is 0.337 e. The van der Waals surface area contributed by atoms with Crippen LogP contribution in [0.15, 0.2) is 34.1 Å². The zero-order chi connectivity index (χ0) is 15.4. The molecule has 2 aromatic rings. The number of halogens is 2. The molecule has 2 rings (SSSR count). The second-order valence-corrected chi connectivity index (χ2v) is 6.97. The zero-order valence-electron chi connectivity index (χ0n) is 10.5. The van der Waals surface area contributed by atoms with Crippen LogP contribution in [0.2, 0.25) is 5.02 Å². The highest BCUT2D eigenvalue weighted by molar-refractivity contribution is 9.11. The predicted octanol–water partition coefficient (Wildman–Crippen LogP) is 4.18. The molecule has 5 nitrogen and oxygen atoms in total. The molecule has 0 bridgehead atoms. The number of amides is 2. The van der Waals surface area contributed by atoms with Gasteiger partial charge in [-0.3, -0.25) is 0 Å². The van der Waals surface area contributed by atoms with Crippen LogP contribution in [0, 0.1) is 0 Å². The van der Waals surface area contributed by atoms with Crippen LogP contribution in [0.4, 0.5) is 10.5 Å². The number of nitrogens with one attached hydrogen (secondary N) is 2. The maximum absolute atomic E-state index is 11.7. The summed E-state index contributed by atoms with van der Waals surface area (Å²) in [6.45, 7) is 0.390. The number of carbonyl (C=O) groups excluding carboxylic acids is 1. The molecule has 0 radical (unpaired) electrons. The van der Waals surface area contributed by atoms with Crippen molar-refractivity contribution in [2.45, 2.75) is 6.54 Å². The van der Waals surface area contributed by atoms with Gasteiger partial charge in [0, 0.05) is 10.6 Å². The van der Waals surface area contributed by atoms with Gasteiger partial charge in [-0.1, -0.05) is 11.6 Å². The first kappa shape index (κ1) is 15.8. The number of aromatic carboxylic acids is 1. The molecular formula is C13H10BrClN2O3S. The highest BCUT2D eigenvalue weighted by Gasteiger charge is 2.10. The summed E-state index contributed by atoms with van der Waals surface area (Å²) in [4.78, 5) is 23.7. The van der Waals surface area contributed by atoms with Gasteiger partial charge >= 0.3 is 12.0 Å². The minimum atomic E-state index is -1.15. The van der Waals surface area contributed by atoms with E-state index in [1.54, 1.807) is 0 Å². The fraction of sp³-hybridized carbons (Fsp3) is 0.0769. The molecule has 1 aromatic carbocycles. The quantitative estimate of drug-likeness (QED) is 0.734. The van der Waals surface area contributed by atoms with E-state index in [9.17, 15) is 9.59 Å². The van der Waals surface area contributed by atoms with E-state index in [4.69, 9.17) is 16.7 Å². The second kappa shape index (κ2) is 6.93. The monoisotopic (exact) mass is 388 g/mol. The van der Waals surface area contributed by atoms with E-state index in [-0.39, 0.29) is 10.6 Å². The second-order valence-electron chi connectivity index (χ2n) is 4.01. The largest absolute Gasteiger partial charge is 0.478 e. The smallest absolute Gasteiger partial charge is 0.337 e. The number of hydrogen-bond donors (Lipinski definition) is 3. The zero-order valence-corrected chi connectivity index (χ0v) is 13.7. The van der Waals surface area contributed by atoms with Crippen LogP contribution in [-0.2, 0) is 6.54 Å². The Balaban J connectivity index is 1.96. The summed E-state index contributed by atoms with van der Waals surface area (Å²) in [7, 11) is 0. The van der Waals surface area contributed by atoms with E-state index in [1.807, 2.05) is 12.1 Å². The lowest BCUT2D eigenvalue weighted by Crippen LogP contribution is -2.27. The fourth-order valence-corrected chi connectivity index (χ4v) is 3.18. The standard InChI is InChI=1S/C13H10BrClN2O3S/c14-11-4-2-8(21-11)6-16-13(20)17-7-1-3-10(15)9(5-7)12(18)19/h1-5H,6H2,(H,18,19)(H2,16,17,20). The van der Waals surface area contributed by atoms with Crippen molar-refractivity contribution in [1.82, 2.24) is 5.32 Å². The lowest BCUT2D eigenvalue weighted by atomic mass is 10.2. The summed E-state index contributed by atoms with van der Waals surface area (Å²) < 4.78 is 0.989. The number of thiophene rings is 1. The molecule has 0 aliphatic rings. The van der Waals surface area contributed by atoms with Crippen LogP contribution in [0.25, 0.3) is 0 Å². The van der Waals surface area contributed by atoms with Crippen molar-refractivity contribution in [2.24, 2.45) is 0 Å². The van der Waals surface area contributed by atoms with Gasteiger partial charge in [-0.15, -0.1) is 11.3 Å². The Labute approximate surface area is 138 Å². The normalized spacial score (nSPS) is 10.2. The van der Waals surface area contributed by atoms with Gasteiger partial charge in [-0.25, -0.2) is 9.59 Å². The van der Waals surface area contributed by atoms with Crippen LogP contribution in [0.5, 0.6) is 0 Å². The van der Waals surface area contributed by atoms with Crippen molar-refractivity contribution >= 4 is 56.6 Å². The summed E-state index contributed by atoms with van der Waals surface area (Å²) in [5, 5.41) is 14.3. The van der Waals surface area contributed by atoms with Gasteiger partial charge in [0.25, 0.3) is 0 Å². The van der Waals surface area contributed by atoms with Gasteiger partial charge in [0.1, 0.15) is 0 Å². The van der Waals surface area contributed by atoms with Gasteiger partial charge < -0.3 is 15.7 Å². The number of anilines is 1. The molecule has 0 fully saturated rings. The van der Waals surface area contributed by atoms with E-state index in [0.717, 1.165) is 8.66 Å². The van der Waals surface area contributed by atoms with Crippen LogP contribution < -0.4 is 10.6 Å². The Morgan fingerprint density at radius 2 is 2.05 bits per heavy atom. The lowest BCUT2D eigenvalue weighted by Gasteiger charge is -2.08. The van der Waals surface area contributed by atoms with Gasteiger partial charge in [0.2, 0.25) is 0 Å². The SMILES string of the molecule is O=C(NCc1ccc(Br)s1)Nc1ccc(Cl)c(C(=O)O)c1. The molecule has 0 saturated carbocycles. The van der Waals surface area contributed by atoms with E-state index in [1.165, 1.54) is 29.5 Å². The average Bonchev–Trinajstić information content (AvgIpc) is 2.84. The van der Waals surface area contributed by atoms with Crippen molar-refractivity contribution in [1.29, 1.82) is 0 Å². The Bertz CT molecular complexity index is 690. The molecule has 0 saturated heterocycles. The minimum Gasteiger partial charge on any atom is -0.478 e. The third-order valence-corrected chi connectivity index (χ3v) is 4.46. The molecule has 8 heteroatoms. The lowest BCUT2D eigenvalue weighted by molar-refractivity contribution is 0.0697. The molecule has 110 valence electrons. The molecule has 2 amide bonds. The molecule has 0 atom stereocenters. The van der Waals surface area contributed by atoms with E-state index in [2.05, 4.69) is 26.6 Å². The summed E-state index contributed by atoms with van der Waals surface area (Å²) in [5.74, 6) is -1.15. The third kappa shape index (κ3) is 4.45. The van der Waals surface area contributed by atoms with Crippen molar-refractivity contribution in [3.05, 3.63) is 49.6 Å². The molecule has 21 heavy (non-hydrogen) atoms. The van der Waals surface area contributed by atoms with Gasteiger partial charge in [-0.05, 0) is 46.3 Å². The first-order valence-corrected chi connectivity index (χ1v) is 7.76. The van der Waals surface area contributed by atoms with Gasteiger partial charge in [0.05, 0.1) is 20.9 Å². The van der Waals surface area contributed by atoms with Gasteiger partial charge in [-0.2, -0.15) is 0 Å². The number of rotatable bonds is 4. The van der Waals surface area contributed by atoms with Crippen LogP contribution in [-0.4, -0.2) is 17.1 Å². The summed E-state index contributed by atoms with van der Waals surface area (Å²) >= 11 is 10.6. The number of hydrogen-bond acceptors (Lipinski definition) is 3. The van der Waals surface area contributed by atoms with Crippen molar-refractivity contribution < 1.29 is 14.7 Å². The Morgan fingerprint density at radius 3 is 2.67 bits per heavy atom. The van der Waals surface area contributed by atoms with Crippen LogP contribution in [0.1, 0.15) is 15.2 Å². The van der Waals surface area contributed by atoms with Crippen molar-refractivity contribution in [2.75, 3.05) is 5.32 Å². The summed E-state index contributed by atoms with van der Waals surface area (Å²) in [6, 6.07) is 7.66. The molecule has 0 unspecified atom stereocenters. The number of carbonyl (C=O) groups is 2. The van der Waals surface area contributed by atoms with E-state index < -0.39 is 12.0 Å². The summed E-state index contributed by atoms with van der Waals surface area (Å²) in [5.41, 5.74) is 0.304. The predicted molar refractivity (Wildman–Crippen MR) is 86.3 cm³/mol. The molecule has 0 spiro atoms. The number of carboxylic acid groups (broad SMARTS) is 1.